The van der Waals surface area contributed by atoms with Crippen molar-refractivity contribution < 1.29 is 14.0 Å². The van der Waals surface area contributed by atoms with E-state index in [9.17, 15) is 9.59 Å². The monoisotopic (exact) mass is 281 g/mol. The lowest BCUT2D eigenvalue weighted by Gasteiger charge is -2.15. The summed E-state index contributed by atoms with van der Waals surface area (Å²) in [6.07, 6.45) is 0. The SMILES string of the molecule is Cc1ccc(CN(C)CC(=O)NC(=O)NCC(C)C)o1. The number of nitrogens with zero attached hydrogens (tertiary/aromatic N) is 1. The van der Waals surface area contributed by atoms with Crippen LogP contribution in [0.5, 0.6) is 0 Å². The minimum atomic E-state index is -0.453. The van der Waals surface area contributed by atoms with E-state index in [1.807, 2.05) is 32.9 Å². The predicted molar refractivity (Wildman–Crippen MR) is 76.2 cm³/mol. The van der Waals surface area contributed by atoms with Gasteiger partial charge in [0.25, 0.3) is 0 Å². The van der Waals surface area contributed by atoms with E-state index in [0.29, 0.717) is 19.0 Å². The molecule has 2 N–H and O–H groups in total. The molecule has 1 aromatic heterocycles. The maximum absolute atomic E-state index is 11.7. The number of carbonyl (C=O) groups excluding carboxylic acids is 2. The molecule has 0 spiro atoms. The van der Waals surface area contributed by atoms with Gasteiger partial charge in [-0.05, 0) is 32.0 Å². The number of urea groups is 1. The Hall–Kier alpha value is -1.82. The normalized spacial score (nSPS) is 10.9. The molecule has 0 aliphatic heterocycles. The number of nitrogens with one attached hydrogen (secondary N) is 2. The van der Waals surface area contributed by atoms with Gasteiger partial charge in [0.2, 0.25) is 5.91 Å². The summed E-state index contributed by atoms with van der Waals surface area (Å²) in [5.41, 5.74) is 0. The fraction of sp³-hybridized carbons (Fsp3) is 0.571. The Labute approximate surface area is 119 Å². The number of aryl methyl sites for hydroxylation is 1. The molecule has 0 radical (unpaired) electrons. The topological polar surface area (TPSA) is 74.6 Å². The highest BCUT2D eigenvalue weighted by Gasteiger charge is 2.12. The van der Waals surface area contributed by atoms with Crippen LogP contribution in [0.15, 0.2) is 16.5 Å². The smallest absolute Gasteiger partial charge is 0.321 e. The molecule has 0 aliphatic rings. The Morgan fingerprint density at radius 2 is 2.05 bits per heavy atom. The van der Waals surface area contributed by atoms with Gasteiger partial charge in [0.05, 0.1) is 13.1 Å². The van der Waals surface area contributed by atoms with E-state index in [0.717, 1.165) is 11.5 Å². The zero-order valence-electron chi connectivity index (χ0n) is 12.5. The maximum Gasteiger partial charge on any atom is 0.321 e. The summed E-state index contributed by atoms with van der Waals surface area (Å²) in [4.78, 5) is 24.9. The van der Waals surface area contributed by atoms with Crippen LogP contribution in [0.25, 0.3) is 0 Å². The van der Waals surface area contributed by atoms with Crippen molar-refractivity contribution in [3.63, 3.8) is 0 Å². The lowest BCUT2D eigenvalue weighted by Crippen LogP contribution is -2.44. The molecule has 1 aromatic rings. The molecule has 0 unspecified atom stereocenters. The van der Waals surface area contributed by atoms with Gasteiger partial charge in [0.1, 0.15) is 11.5 Å². The summed E-state index contributed by atoms with van der Waals surface area (Å²) in [5, 5.41) is 4.93. The van der Waals surface area contributed by atoms with Gasteiger partial charge in [-0.25, -0.2) is 4.79 Å². The lowest BCUT2D eigenvalue weighted by atomic mass is 10.2. The van der Waals surface area contributed by atoms with Gasteiger partial charge in [-0.3, -0.25) is 15.0 Å². The van der Waals surface area contributed by atoms with Crippen molar-refractivity contribution in [3.8, 4) is 0 Å². The van der Waals surface area contributed by atoms with Crippen molar-refractivity contribution in [1.29, 1.82) is 0 Å². The molecule has 1 rings (SSSR count). The fourth-order valence-corrected chi connectivity index (χ4v) is 1.64. The van der Waals surface area contributed by atoms with Gasteiger partial charge >= 0.3 is 6.03 Å². The largest absolute Gasteiger partial charge is 0.465 e. The Balaban J connectivity index is 2.29. The molecular weight excluding hydrogens is 258 g/mol. The Kier molecular flexibility index (Phi) is 6.24. The molecule has 20 heavy (non-hydrogen) atoms. The summed E-state index contributed by atoms with van der Waals surface area (Å²) in [7, 11) is 1.80. The molecule has 0 bridgehead atoms. The number of carbonyl (C=O) groups is 2. The first-order valence-electron chi connectivity index (χ1n) is 6.68. The van der Waals surface area contributed by atoms with Gasteiger partial charge in [0.15, 0.2) is 0 Å². The zero-order valence-corrected chi connectivity index (χ0v) is 12.5. The number of rotatable bonds is 6. The molecule has 112 valence electrons. The van der Waals surface area contributed by atoms with Crippen molar-refractivity contribution in [2.24, 2.45) is 5.92 Å². The van der Waals surface area contributed by atoms with Gasteiger partial charge < -0.3 is 9.73 Å². The molecular formula is C14H23N3O3. The minimum Gasteiger partial charge on any atom is -0.465 e. The van der Waals surface area contributed by atoms with Crippen LogP contribution in [0.2, 0.25) is 0 Å². The first-order chi connectivity index (χ1) is 9.36. The third kappa shape index (κ3) is 6.38. The zero-order chi connectivity index (χ0) is 15.1. The van der Waals surface area contributed by atoms with Gasteiger partial charge in [-0.2, -0.15) is 0 Å². The molecule has 6 heteroatoms. The predicted octanol–water partition coefficient (Wildman–Crippen LogP) is 1.50. The first-order valence-corrected chi connectivity index (χ1v) is 6.68. The number of amides is 3. The van der Waals surface area contributed by atoms with Crippen molar-refractivity contribution in [2.75, 3.05) is 20.1 Å². The van der Waals surface area contributed by atoms with E-state index in [2.05, 4.69) is 10.6 Å². The number of hydrogen-bond donors (Lipinski definition) is 2. The molecule has 0 aliphatic carbocycles. The molecule has 0 saturated carbocycles. The molecule has 0 aromatic carbocycles. The van der Waals surface area contributed by atoms with E-state index in [1.165, 1.54) is 0 Å². The van der Waals surface area contributed by atoms with E-state index in [4.69, 9.17) is 4.42 Å². The van der Waals surface area contributed by atoms with Gasteiger partial charge in [-0.1, -0.05) is 13.8 Å². The Morgan fingerprint density at radius 1 is 1.35 bits per heavy atom. The maximum atomic E-state index is 11.7. The first kappa shape index (κ1) is 16.2. The quantitative estimate of drug-likeness (QED) is 0.828. The highest BCUT2D eigenvalue weighted by molar-refractivity contribution is 5.95. The third-order valence-electron chi connectivity index (χ3n) is 2.56. The molecule has 1 heterocycles. The number of hydrogen-bond acceptors (Lipinski definition) is 4. The Morgan fingerprint density at radius 3 is 2.60 bits per heavy atom. The number of likely N-dealkylation sites (N-methyl/N-ethyl adjacent to an activating group) is 1. The summed E-state index contributed by atoms with van der Waals surface area (Å²) < 4.78 is 5.43. The van der Waals surface area contributed by atoms with Crippen molar-refractivity contribution >= 4 is 11.9 Å². The summed E-state index contributed by atoms with van der Waals surface area (Å²) >= 11 is 0. The second kappa shape index (κ2) is 7.69. The standard InChI is InChI=1S/C14H23N3O3/c1-10(2)7-15-14(19)16-13(18)9-17(4)8-12-6-5-11(3)20-12/h5-6,10H,7-9H2,1-4H3,(H2,15,16,18,19). The summed E-state index contributed by atoms with van der Waals surface area (Å²) in [5.74, 6) is 1.64. The summed E-state index contributed by atoms with van der Waals surface area (Å²) in [6.45, 7) is 7.04. The second-order valence-electron chi connectivity index (χ2n) is 5.34. The summed E-state index contributed by atoms with van der Waals surface area (Å²) in [6, 6.07) is 3.30. The molecule has 3 amide bonds. The van der Waals surface area contributed by atoms with Crippen LogP contribution in [0.3, 0.4) is 0 Å². The van der Waals surface area contributed by atoms with Crippen LogP contribution in [0, 0.1) is 12.8 Å². The fourth-order valence-electron chi connectivity index (χ4n) is 1.64. The van der Waals surface area contributed by atoms with Crippen LogP contribution in [0.4, 0.5) is 4.79 Å². The average Bonchev–Trinajstić information content (AvgIpc) is 2.71. The third-order valence-corrected chi connectivity index (χ3v) is 2.56. The van der Waals surface area contributed by atoms with Crippen molar-refractivity contribution in [2.45, 2.75) is 27.3 Å². The van der Waals surface area contributed by atoms with Gasteiger partial charge in [-0.15, -0.1) is 0 Å². The van der Waals surface area contributed by atoms with Crippen LogP contribution >= 0.6 is 0 Å². The van der Waals surface area contributed by atoms with Crippen LogP contribution in [-0.2, 0) is 11.3 Å². The molecule has 0 fully saturated rings. The molecule has 6 nitrogen and oxygen atoms in total. The van der Waals surface area contributed by atoms with Crippen molar-refractivity contribution in [3.05, 3.63) is 23.7 Å². The van der Waals surface area contributed by atoms with Gasteiger partial charge in [0, 0.05) is 6.54 Å². The van der Waals surface area contributed by atoms with Crippen LogP contribution in [-0.4, -0.2) is 37.0 Å². The van der Waals surface area contributed by atoms with Crippen LogP contribution in [0.1, 0.15) is 25.4 Å². The Bertz CT molecular complexity index is 454. The average molecular weight is 281 g/mol. The van der Waals surface area contributed by atoms with Crippen molar-refractivity contribution in [1.82, 2.24) is 15.5 Å². The number of imide groups is 1. The second-order valence-corrected chi connectivity index (χ2v) is 5.34. The van der Waals surface area contributed by atoms with E-state index >= 15 is 0 Å². The number of furan rings is 1. The molecule has 0 saturated heterocycles. The molecule has 0 atom stereocenters. The highest BCUT2D eigenvalue weighted by atomic mass is 16.3. The highest BCUT2D eigenvalue weighted by Crippen LogP contribution is 2.08. The van der Waals surface area contributed by atoms with Crippen LogP contribution < -0.4 is 10.6 Å². The van der Waals surface area contributed by atoms with E-state index in [-0.39, 0.29) is 12.5 Å². The van der Waals surface area contributed by atoms with E-state index in [1.54, 1.807) is 11.9 Å². The van der Waals surface area contributed by atoms with E-state index < -0.39 is 6.03 Å². The minimum absolute atomic E-state index is 0.134. The lowest BCUT2D eigenvalue weighted by molar-refractivity contribution is -0.121.